The van der Waals surface area contributed by atoms with Gasteiger partial charge in [-0.25, -0.2) is 9.59 Å². The first kappa shape index (κ1) is 15.3. The minimum Gasteiger partial charge on any atom is -0.478 e. The van der Waals surface area contributed by atoms with Gasteiger partial charge in [-0.15, -0.1) is 0 Å². The van der Waals surface area contributed by atoms with E-state index in [-0.39, 0.29) is 18.1 Å². The topological polar surface area (TPSA) is 81.1 Å². The first-order chi connectivity index (χ1) is 9.67. The zero-order chi connectivity index (χ0) is 15.8. The fraction of sp³-hybridized carbons (Fsp3) is 0.467. The van der Waals surface area contributed by atoms with Crippen molar-refractivity contribution in [3.63, 3.8) is 0 Å². The van der Waals surface area contributed by atoms with Crippen LogP contribution in [0.25, 0.3) is 0 Å². The van der Waals surface area contributed by atoms with Crippen molar-refractivity contribution in [1.82, 2.24) is 9.80 Å². The van der Waals surface area contributed by atoms with Crippen molar-refractivity contribution in [2.45, 2.75) is 32.5 Å². The molecule has 1 aliphatic heterocycles. The lowest BCUT2D eigenvalue weighted by Crippen LogP contribution is -2.44. The maximum absolute atomic E-state index is 12.3. The molecule has 6 nitrogen and oxygen atoms in total. The molecule has 114 valence electrons. The zero-order valence-electron chi connectivity index (χ0n) is 12.5. The lowest BCUT2D eigenvalue weighted by Gasteiger charge is -2.29. The largest absolute Gasteiger partial charge is 0.478 e. The molecule has 2 rings (SSSR count). The number of hydrogen-bond acceptors (Lipinski definition) is 3. The normalized spacial score (nSPS) is 14.0. The maximum atomic E-state index is 12.3. The number of amides is 2. The molecule has 0 radical (unpaired) electrons. The molecular formula is C15H20N2O4. The van der Waals surface area contributed by atoms with Crippen molar-refractivity contribution in [3.05, 3.63) is 34.9 Å². The molecule has 0 spiro atoms. The monoisotopic (exact) mass is 292 g/mol. The van der Waals surface area contributed by atoms with Gasteiger partial charge in [-0.3, -0.25) is 0 Å². The van der Waals surface area contributed by atoms with E-state index in [1.165, 1.54) is 4.90 Å². The van der Waals surface area contributed by atoms with Gasteiger partial charge in [0.2, 0.25) is 0 Å². The Morgan fingerprint density at radius 1 is 1.29 bits per heavy atom. The molecule has 0 fully saturated rings. The van der Waals surface area contributed by atoms with Gasteiger partial charge in [-0.1, -0.05) is 6.07 Å². The molecule has 1 aromatic carbocycles. The number of carboxylic acid groups (broad SMARTS) is 1. The third-order valence-corrected chi connectivity index (χ3v) is 3.40. The van der Waals surface area contributed by atoms with Crippen LogP contribution in [0.15, 0.2) is 18.2 Å². The molecule has 2 amide bonds. The van der Waals surface area contributed by atoms with Crippen molar-refractivity contribution in [1.29, 1.82) is 0 Å². The molecule has 0 bridgehead atoms. The molecule has 1 aromatic rings. The molecule has 0 atom stereocenters. The van der Waals surface area contributed by atoms with Gasteiger partial charge in [-0.2, -0.15) is 0 Å². The summed E-state index contributed by atoms with van der Waals surface area (Å²) in [4.78, 5) is 26.4. The molecule has 6 heteroatoms. The predicted octanol–water partition coefficient (Wildman–Crippen LogP) is 1.52. The van der Waals surface area contributed by atoms with Crippen molar-refractivity contribution in [3.8, 4) is 0 Å². The number of fused-ring (bicyclic) bond motifs is 1. The average molecular weight is 292 g/mol. The summed E-state index contributed by atoms with van der Waals surface area (Å²) in [5, 5.41) is 18.8. The second kappa shape index (κ2) is 5.37. The van der Waals surface area contributed by atoms with Crippen LogP contribution in [0.5, 0.6) is 0 Å². The number of benzene rings is 1. The quantitative estimate of drug-likeness (QED) is 0.885. The van der Waals surface area contributed by atoms with Crippen LogP contribution in [0, 0.1) is 0 Å². The molecule has 1 aliphatic rings. The van der Waals surface area contributed by atoms with E-state index in [1.807, 2.05) is 0 Å². The van der Waals surface area contributed by atoms with E-state index >= 15 is 0 Å². The summed E-state index contributed by atoms with van der Waals surface area (Å²) in [6.45, 7) is 4.39. The molecule has 21 heavy (non-hydrogen) atoms. The van der Waals surface area contributed by atoms with Crippen LogP contribution in [0.4, 0.5) is 4.79 Å². The highest BCUT2D eigenvalue weighted by Crippen LogP contribution is 2.25. The van der Waals surface area contributed by atoms with E-state index in [1.54, 1.807) is 44.0 Å². The maximum Gasteiger partial charge on any atom is 0.335 e. The summed E-state index contributed by atoms with van der Waals surface area (Å²) in [5.74, 6) is -0.971. The number of carboxylic acids is 1. The van der Waals surface area contributed by atoms with Crippen molar-refractivity contribution >= 4 is 12.0 Å². The molecule has 0 saturated carbocycles. The zero-order valence-corrected chi connectivity index (χ0v) is 12.5. The van der Waals surface area contributed by atoms with Gasteiger partial charge in [0.05, 0.1) is 17.7 Å². The summed E-state index contributed by atoms with van der Waals surface area (Å²) in [7, 11) is 1.64. The van der Waals surface area contributed by atoms with Crippen molar-refractivity contribution in [2.24, 2.45) is 0 Å². The highest BCUT2D eigenvalue weighted by molar-refractivity contribution is 5.88. The van der Waals surface area contributed by atoms with Crippen LogP contribution < -0.4 is 0 Å². The van der Waals surface area contributed by atoms with E-state index in [9.17, 15) is 14.7 Å². The Hall–Kier alpha value is -2.08. The van der Waals surface area contributed by atoms with Crippen LogP contribution in [-0.2, 0) is 13.1 Å². The van der Waals surface area contributed by atoms with Crippen LogP contribution in [0.1, 0.15) is 35.3 Å². The van der Waals surface area contributed by atoms with Gasteiger partial charge >= 0.3 is 12.0 Å². The second-order valence-electron chi connectivity index (χ2n) is 6.10. The summed E-state index contributed by atoms with van der Waals surface area (Å²) in [6.07, 6.45) is 0. The molecule has 0 saturated heterocycles. The summed E-state index contributed by atoms with van der Waals surface area (Å²) < 4.78 is 0. The minimum absolute atomic E-state index is 0.176. The molecule has 2 N–H and O–H groups in total. The van der Waals surface area contributed by atoms with Gasteiger partial charge in [0.1, 0.15) is 0 Å². The Bertz CT molecular complexity index is 578. The Balaban J connectivity index is 2.09. The number of nitrogens with zero attached hydrogens (tertiary/aromatic N) is 2. The van der Waals surface area contributed by atoms with Gasteiger partial charge < -0.3 is 20.0 Å². The molecule has 0 aromatic heterocycles. The number of urea groups is 1. The number of aromatic carboxylic acids is 1. The fourth-order valence-corrected chi connectivity index (χ4v) is 2.55. The lowest BCUT2D eigenvalue weighted by molar-refractivity contribution is 0.0469. The summed E-state index contributed by atoms with van der Waals surface area (Å²) in [5.41, 5.74) is 1.10. The fourth-order valence-electron chi connectivity index (χ4n) is 2.55. The third kappa shape index (κ3) is 3.52. The average Bonchev–Trinajstić information content (AvgIpc) is 2.78. The highest BCUT2D eigenvalue weighted by Gasteiger charge is 2.28. The van der Waals surface area contributed by atoms with E-state index in [0.717, 1.165) is 11.1 Å². The highest BCUT2D eigenvalue weighted by atomic mass is 16.4. The Kier molecular flexibility index (Phi) is 3.91. The van der Waals surface area contributed by atoms with Crippen LogP contribution in [0.3, 0.4) is 0 Å². The van der Waals surface area contributed by atoms with Crippen LogP contribution in [0.2, 0.25) is 0 Å². The smallest absolute Gasteiger partial charge is 0.335 e. The predicted molar refractivity (Wildman–Crippen MR) is 77.0 cm³/mol. The van der Waals surface area contributed by atoms with Crippen LogP contribution >= 0.6 is 0 Å². The number of carbonyl (C=O) groups excluding carboxylic acids is 1. The van der Waals surface area contributed by atoms with Crippen LogP contribution in [-0.4, -0.2) is 51.2 Å². The first-order valence-electron chi connectivity index (χ1n) is 6.75. The SMILES string of the molecule is CN(CC(C)(C)O)C(=O)N1Cc2ccc(C(=O)O)cc2C1. The number of carbonyl (C=O) groups is 2. The van der Waals surface area contributed by atoms with Gasteiger partial charge in [0.25, 0.3) is 0 Å². The summed E-state index contributed by atoms with van der Waals surface area (Å²) in [6, 6.07) is 4.74. The Morgan fingerprint density at radius 2 is 1.90 bits per heavy atom. The number of hydrogen-bond donors (Lipinski definition) is 2. The lowest BCUT2D eigenvalue weighted by atomic mass is 10.1. The van der Waals surface area contributed by atoms with E-state index in [0.29, 0.717) is 13.1 Å². The van der Waals surface area contributed by atoms with Crippen molar-refractivity contribution < 1.29 is 19.8 Å². The molecule has 0 aliphatic carbocycles. The number of aliphatic hydroxyl groups is 1. The summed E-state index contributed by atoms with van der Waals surface area (Å²) >= 11 is 0. The number of rotatable bonds is 3. The van der Waals surface area contributed by atoms with Gasteiger partial charge in [-0.05, 0) is 37.1 Å². The minimum atomic E-state index is -0.971. The van der Waals surface area contributed by atoms with E-state index in [2.05, 4.69) is 0 Å². The first-order valence-corrected chi connectivity index (χ1v) is 6.75. The molecule has 1 heterocycles. The van der Waals surface area contributed by atoms with Gasteiger partial charge in [0, 0.05) is 20.1 Å². The standard InChI is InChI=1S/C15H20N2O4/c1-15(2,21)9-16(3)14(20)17-7-11-5-4-10(13(18)19)6-12(11)8-17/h4-6,21H,7-9H2,1-3H3,(H,18,19). The number of likely N-dealkylation sites (N-methyl/N-ethyl adjacent to an activating group) is 1. The Labute approximate surface area is 123 Å². The Morgan fingerprint density at radius 3 is 2.48 bits per heavy atom. The second-order valence-corrected chi connectivity index (χ2v) is 6.10. The van der Waals surface area contributed by atoms with Crippen molar-refractivity contribution in [2.75, 3.05) is 13.6 Å². The van der Waals surface area contributed by atoms with E-state index < -0.39 is 11.6 Å². The van der Waals surface area contributed by atoms with E-state index in [4.69, 9.17) is 5.11 Å². The van der Waals surface area contributed by atoms with Gasteiger partial charge in [0.15, 0.2) is 0 Å². The third-order valence-electron chi connectivity index (χ3n) is 3.40. The molecular weight excluding hydrogens is 272 g/mol. The molecule has 0 unspecified atom stereocenters.